The van der Waals surface area contributed by atoms with Crippen LogP contribution in [0.2, 0.25) is 0 Å². The molecule has 112 valence electrons. The van der Waals surface area contributed by atoms with E-state index in [1.165, 1.54) is 5.56 Å². The van der Waals surface area contributed by atoms with E-state index in [9.17, 15) is 14.7 Å². The second-order valence-electron chi connectivity index (χ2n) is 5.66. The summed E-state index contributed by atoms with van der Waals surface area (Å²) in [5, 5.41) is 9.33. The smallest absolute Gasteiger partial charge is 0.327 e. The molecule has 1 aromatic rings. The predicted molar refractivity (Wildman–Crippen MR) is 82.1 cm³/mol. The number of benzene rings is 1. The highest BCUT2D eigenvalue weighted by molar-refractivity contribution is 8.00. The Bertz CT molecular complexity index is 548. The molecule has 4 unspecified atom stereocenters. The summed E-state index contributed by atoms with van der Waals surface area (Å²) in [4.78, 5) is 25.7. The van der Waals surface area contributed by atoms with Gasteiger partial charge in [-0.2, -0.15) is 0 Å². The molecule has 21 heavy (non-hydrogen) atoms. The van der Waals surface area contributed by atoms with Gasteiger partial charge in [-0.1, -0.05) is 37.3 Å². The molecule has 1 N–H and O–H groups in total. The zero-order valence-corrected chi connectivity index (χ0v) is 12.8. The molecule has 2 fully saturated rings. The molecule has 1 heterocycles. The van der Waals surface area contributed by atoms with Gasteiger partial charge in [0.25, 0.3) is 0 Å². The topological polar surface area (TPSA) is 57.6 Å². The van der Waals surface area contributed by atoms with Gasteiger partial charge in [0.2, 0.25) is 5.91 Å². The fourth-order valence-corrected chi connectivity index (χ4v) is 4.45. The van der Waals surface area contributed by atoms with Crippen molar-refractivity contribution in [2.45, 2.75) is 37.1 Å². The van der Waals surface area contributed by atoms with Crippen LogP contribution in [0, 0.1) is 5.92 Å². The maximum Gasteiger partial charge on any atom is 0.327 e. The maximum atomic E-state index is 12.7. The Kier molecular flexibility index (Phi) is 3.93. The van der Waals surface area contributed by atoms with Crippen molar-refractivity contribution in [1.82, 2.24) is 4.90 Å². The van der Waals surface area contributed by atoms with Gasteiger partial charge in [0.15, 0.2) is 0 Å². The molecule has 0 radical (unpaired) electrons. The Balaban J connectivity index is 1.74. The molecule has 4 nitrogen and oxygen atoms in total. The molecule has 4 atom stereocenters. The highest BCUT2D eigenvalue weighted by Crippen LogP contribution is 2.50. The number of carbonyl (C=O) groups excluding carboxylic acids is 1. The molecule has 0 aromatic heterocycles. The summed E-state index contributed by atoms with van der Waals surface area (Å²) in [7, 11) is 0. The van der Waals surface area contributed by atoms with Crippen LogP contribution >= 0.6 is 11.8 Å². The third kappa shape index (κ3) is 2.67. The summed E-state index contributed by atoms with van der Waals surface area (Å²) >= 11 is 1.58. The van der Waals surface area contributed by atoms with E-state index in [0.29, 0.717) is 5.75 Å². The van der Waals surface area contributed by atoms with Crippen LogP contribution in [0.15, 0.2) is 30.3 Å². The summed E-state index contributed by atoms with van der Waals surface area (Å²) in [6.45, 7) is 2.00. The molecule has 3 rings (SSSR count). The highest BCUT2D eigenvalue weighted by atomic mass is 32.2. The van der Waals surface area contributed by atoms with Gasteiger partial charge < -0.3 is 10.0 Å². The first-order valence-corrected chi connectivity index (χ1v) is 8.40. The van der Waals surface area contributed by atoms with E-state index in [-0.39, 0.29) is 23.1 Å². The van der Waals surface area contributed by atoms with Crippen molar-refractivity contribution in [3.05, 3.63) is 35.9 Å². The van der Waals surface area contributed by atoms with Crippen LogP contribution in [0.3, 0.4) is 0 Å². The van der Waals surface area contributed by atoms with Gasteiger partial charge in [-0.05, 0) is 24.3 Å². The number of carboxylic acid groups (broad SMARTS) is 1. The molecule has 1 saturated carbocycles. The van der Waals surface area contributed by atoms with E-state index in [4.69, 9.17) is 0 Å². The molecule has 2 aliphatic rings. The monoisotopic (exact) mass is 305 g/mol. The van der Waals surface area contributed by atoms with Gasteiger partial charge in [0, 0.05) is 11.7 Å². The third-order valence-corrected chi connectivity index (χ3v) is 5.77. The number of aliphatic carboxylic acids is 1. The molecule has 5 heteroatoms. The first kappa shape index (κ1) is 14.4. The minimum Gasteiger partial charge on any atom is -0.480 e. The van der Waals surface area contributed by atoms with Crippen LogP contribution in [-0.2, 0) is 9.59 Å². The van der Waals surface area contributed by atoms with Crippen molar-refractivity contribution in [2.24, 2.45) is 5.92 Å². The number of nitrogens with zero attached hydrogens (tertiary/aromatic N) is 1. The Morgan fingerprint density at radius 1 is 1.33 bits per heavy atom. The fourth-order valence-electron chi connectivity index (χ4n) is 3.09. The second kappa shape index (κ2) is 5.72. The standard InChI is InChI=1S/C16H19NO3S/c1-2-14-17(13(9-21-14)16(19)20)15(18)12-8-11(12)10-6-4-3-5-7-10/h3-7,11-14H,2,8-9H2,1H3,(H,19,20). The highest BCUT2D eigenvalue weighted by Gasteiger charge is 2.51. The Labute approximate surface area is 128 Å². The van der Waals surface area contributed by atoms with E-state index < -0.39 is 12.0 Å². The lowest BCUT2D eigenvalue weighted by atomic mass is 10.1. The summed E-state index contributed by atoms with van der Waals surface area (Å²) in [5.41, 5.74) is 1.18. The van der Waals surface area contributed by atoms with Crippen LogP contribution in [0.25, 0.3) is 0 Å². The lowest BCUT2D eigenvalue weighted by molar-refractivity contribution is -0.149. The largest absolute Gasteiger partial charge is 0.480 e. The van der Waals surface area contributed by atoms with Crippen molar-refractivity contribution >= 4 is 23.6 Å². The van der Waals surface area contributed by atoms with Crippen molar-refractivity contribution in [3.63, 3.8) is 0 Å². The SMILES string of the molecule is CCC1SCC(C(=O)O)N1C(=O)C1CC1c1ccccc1. The molecule has 1 aliphatic heterocycles. The number of carbonyl (C=O) groups is 2. The summed E-state index contributed by atoms with van der Waals surface area (Å²) < 4.78 is 0. The minimum absolute atomic E-state index is 0.00984. The van der Waals surface area contributed by atoms with Gasteiger partial charge in [0.1, 0.15) is 6.04 Å². The fraction of sp³-hybridized carbons (Fsp3) is 0.500. The van der Waals surface area contributed by atoms with Gasteiger partial charge >= 0.3 is 5.97 Å². The van der Waals surface area contributed by atoms with Crippen molar-refractivity contribution in [1.29, 1.82) is 0 Å². The van der Waals surface area contributed by atoms with E-state index in [0.717, 1.165) is 12.8 Å². The van der Waals surface area contributed by atoms with Crippen LogP contribution < -0.4 is 0 Å². The van der Waals surface area contributed by atoms with Gasteiger partial charge in [0.05, 0.1) is 5.37 Å². The van der Waals surface area contributed by atoms with Crippen LogP contribution in [-0.4, -0.2) is 39.1 Å². The number of rotatable bonds is 4. The maximum absolute atomic E-state index is 12.7. The number of thioether (sulfide) groups is 1. The predicted octanol–water partition coefficient (Wildman–Crippen LogP) is 2.55. The van der Waals surface area contributed by atoms with Gasteiger partial charge in [-0.15, -0.1) is 11.8 Å². The second-order valence-corrected chi connectivity index (χ2v) is 6.87. The molecular weight excluding hydrogens is 286 g/mol. The van der Waals surface area contributed by atoms with E-state index in [1.807, 2.05) is 37.3 Å². The molecule has 1 aromatic carbocycles. The Hall–Kier alpha value is -1.49. The molecular formula is C16H19NO3S. The quantitative estimate of drug-likeness (QED) is 0.929. The van der Waals surface area contributed by atoms with E-state index >= 15 is 0 Å². The van der Waals surface area contributed by atoms with Crippen LogP contribution in [0.1, 0.15) is 31.2 Å². The van der Waals surface area contributed by atoms with Crippen LogP contribution in [0.4, 0.5) is 0 Å². The zero-order chi connectivity index (χ0) is 15.0. The normalized spacial score (nSPS) is 31.2. The summed E-state index contributed by atoms with van der Waals surface area (Å²) in [5.74, 6) is -0.141. The van der Waals surface area contributed by atoms with Crippen molar-refractivity contribution < 1.29 is 14.7 Å². The van der Waals surface area contributed by atoms with Crippen LogP contribution in [0.5, 0.6) is 0 Å². The average Bonchev–Trinajstić information content (AvgIpc) is 3.18. The molecule has 1 amide bonds. The lowest BCUT2D eigenvalue weighted by Crippen LogP contribution is -2.46. The Morgan fingerprint density at radius 2 is 2.05 bits per heavy atom. The molecule has 1 saturated heterocycles. The summed E-state index contributed by atoms with van der Waals surface area (Å²) in [6, 6.07) is 9.36. The number of amides is 1. The van der Waals surface area contributed by atoms with Crippen molar-refractivity contribution in [3.8, 4) is 0 Å². The number of carboxylic acids is 1. The third-order valence-electron chi connectivity index (χ3n) is 4.32. The first-order valence-electron chi connectivity index (χ1n) is 7.35. The summed E-state index contributed by atoms with van der Waals surface area (Å²) in [6.07, 6.45) is 1.63. The molecule has 0 spiro atoms. The zero-order valence-electron chi connectivity index (χ0n) is 11.9. The van der Waals surface area contributed by atoms with E-state index in [1.54, 1.807) is 16.7 Å². The molecule has 1 aliphatic carbocycles. The number of hydrogen-bond acceptors (Lipinski definition) is 3. The van der Waals surface area contributed by atoms with Crippen molar-refractivity contribution in [2.75, 3.05) is 5.75 Å². The first-order chi connectivity index (χ1) is 10.1. The molecule has 0 bridgehead atoms. The Morgan fingerprint density at radius 3 is 2.67 bits per heavy atom. The minimum atomic E-state index is -0.885. The van der Waals surface area contributed by atoms with Gasteiger partial charge in [-0.25, -0.2) is 4.79 Å². The number of hydrogen-bond donors (Lipinski definition) is 1. The average molecular weight is 305 g/mol. The van der Waals surface area contributed by atoms with Gasteiger partial charge in [-0.3, -0.25) is 4.79 Å². The van der Waals surface area contributed by atoms with E-state index in [2.05, 4.69) is 0 Å². The lowest BCUT2D eigenvalue weighted by Gasteiger charge is -2.27.